The topological polar surface area (TPSA) is 120 Å². The lowest BCUT2D eigenvalue weighted by atomic mass is 9.83. The lowest BCUT2D eigenvalue weighted by molar-refractivity contribution is -0.274. The monoisotopic (exact) mass is 606 g/mol. The summed E-state index contributed by atoms with van der Waals surface area (Å²) in [7, 11) is 0. The van der Waals surface area contributed by atoms with Crippen LogP contribution in [0.25, 0.3) is 0 Å². The van der Waals surface area contributed by atoms with Gasteiger partial charge in [-0.2, -0.15) is 0 Å². The number of ether oxygens (including phenoxy) is 2. The second kappa shape index (κ2) is 15.2. The van der Waals surface area contributed by atoms with E-state index >= 15 is 0 Å². The molecule has 3 aromatic rings. The molecule has 0 bridgehead atoms. The van der Waals surface area contributed by atoms with Crippen LogP contribution in [0.2, 0.25) is 5.02 Å². The first-order chi connectivity index (χ1) is 20.0. The number of amides is 2. The Morgan fingerprint density at radius 2 is 1.55 bits per heavy atom. The van der Waals surface area contributed by atoms with Crippen LogP contribution in [0.5, 0.6) is 5.75 Å². The fourth-order valence-electron chi connectivity index (χ4n) is 4.26. The number of nitrogens with one attached hydrogen (secondary N) is 2. The van der Waals surface area contributed by atoms with Gasteiger partial charge in [-0.1, -0.05) is 49.2 Å². The molecule has 42 heavy (non-hydrogen) atoms. The van der Waals surface area contributed by atoms with E-state index in [2.05, 4.69) is 25.3 Å². The van der Waals surface area contributed by atoms with E-state index in [9.17, 15) is 27.6 Å². The summed E-state index contributed by atoms with van der Waals surface area (Å²) < 4.78 is 47.0. The third kappa shape index (κ3) is 9.72. The van der Waals surface area contributed by atoms with Crippen molar-refractivity contribution >= 4 is 29.4 Å². The van der Waals surface area contributed by atoms with E-state index in [1.165, 1.54) is 36.7 Å². The van der Waals surface area contributed by atoms with Gasteiger partial charge in [-0.05, 0) is 48.7 Å². The Bertz CT molecular complexity index is 1340. The second-order valence-corrected chi connectivity index (χ2v) is 9.56. The van der Waals surface area contributed by atoms with Crippen LogP contribution in [0, 0.1) is 0 Å². The van der Waals surface area contributed by atoms with Crippen molar-refractivity contribution in [2.24, 2.45) is 0 Å². The van der Waals surface area contributed by atoms with Gasteiger partial charge in [-0.25, -0.2) is 9.97 Å². The number of aromatic nitrogens is 2. The van der Waals surface area contributed by atoms with Crippen LogP contribution in [-0.4, -0.2) is 47.3 Å². The van der Waals surface area contributed by atoms with E-state index < -0.39 is 30.0 Å². The molecule has 1 heterocycles. The molecule has 9 nitrogen and oxygen atoms in total. The highest BCUT2D eigenvalue weighted by atomic mass is 35.5. The molecule has 13 heteroatoms. The fourth-order valence-corrected chi connectivity index (χ4v) is 4.36. The summed E-state index contributed by atoms with van der Waals surface area (Å²) in [5, 5.41) is 5.83. The number of rotatable bonds is 13. The van der Waals surface area contributed by atoms with Crippen molar-refractivity contribution in [2.75, 3.05) is 13.2 Å². The summed E-state index contributed by atoms with van der Waals surface area (Å²) in [6.45, 7) is 4.03. The summed E-state index contributed by atoms with van der Waals surface area (Å²) in [4.78, 5) is 45.1. The summed E-state index contributed by atoms with van der Waals surface area (Å²) >= 11 is 5.84. The van der Waals surface area contributed by atoms with Crippen LogP contribution in [-0.2, 0) is 9.53 Å². The smallest absolute Gasteiger partial charge is 0.466 e. The number of carbonyl (C=O) groups excluding carboxylic acids is 3. The minimum absolute atomic E-state index is 0.0434. The summed E-state index contributed by atoms with van der Waals surface area (Å²) in [5.41, 5.74) is 1.66. The van der Waals surface area contributed by atoms with Crippen LogP contribution < -0.4 is 15.4 Å². The number of alkyl halides is 3. The van der Waals surface area contributed by atoms with Gasteiger partial charge in [0.05, 0.1) is 24.1 Å². The van der Waals surface area contributed by atoms with Crippen LogP contribution in [0.3, 0.4) is 0 Å². The van der Waals surface area contributed by atoms with Crippen LogP contribution >= 0.6 is 11.6 Å². The Kier molecular flexibility index (Phi) is 11.7. The van der Waals surface area contributed by atoms with Gasteiger partial charge in [0.15, 0.2) is 0 Å². The minimum Gasteiger partial charge on any atom is -0.466 e. The first-order valence-electron chi connectivity index (χ1n) is 13.2. The molecule has 224 valence electrons. The van der Waals surface area contributed by atoms with Gasteiger partial charge in [0.1, 0.15) is 5.75 Å². The van der Waals surface area contributed by atoms with Crippen molar-refractivity contribution in [3.05, 3.63) is 88.5 Å². The van der Waals surface area contributed by atoms with Crippen LogP contribution in [0.1, 0.15) is 77.2 Å². The van der Waals surface area contributed by atoms with E-state index in [4.69, 9.17) is 16.3 Å². The number of nitrogens with zero attached hydrogens (tertiary/aromatic N) is 2. The van der Waals surface area contributed by atoms with Crippen molar-refractivity contribution in [3.63, 3.8) is 0 Å². The van der Waals surface area contributed by atoms with Crippen molar-refractivity contribution < 1.29 is 37.0 Å². The average molecular weight is 607 g/mol. The molecular formula is C29H30ClF3N4O5. The molecule has 0 spiro atoms. The molecule has 3 rings (SSSR count). The number of carbonyl (C=O) groups is 3. The van der Waals surface area contributed by atoms with Crippen molar-refractivity contribution in [1.29, 1.82) is 0 Å². The molecule has 1 aromatic heterocycles. The van der Waals surface area contributed by atoms with Crippen LogP contribution in [0.4, 0.5) is 13.2 Å². The molecule has 0 aliphatic rings. The Morgan fingerprint density at radius 3 is 2.12 bits per heavy atom. The molecule has 0 aliphatic carbocycles. The Balaban J connectivity index is 1.87. The maximum absolute atomic E-state index is 13.1. The highest BCUT2D eigenvalue weighted by molar-refractivity contribution is 6.30. The molecule has 2 aromatic carbocycles. The van der Waals surface area contributed by atoms with Gasteiger partial charge in [-0.3, -0.25) is 14.4 Å². The van der Waals surface area contributed by atoms with Gasteiger partial charge in [-0.15, -0.1) is 13.2 Å². The summed E-state index contributed by atoms with van der Waals surface area (Å²) in [6, 6.07) is 11.3. The lowest BCUT2D eigenvalue weighted by Gasteiger charge is -2.29. The molecule has 2 amide bonds. The number of hydrogen-bond donors (Lipinski definition) is 2. The molecule has 2 unspecified atom stereocenters. The maximum Gasteiger partial charge on any atom is 0.573 e. The number of hydrogen-bond acceptors (Lipinski definition) is 7. The fraction of sp³-hybridized carbons (Fsp3) is 0.345. The molecule has 0 radical (unpaired) electrons. The largest absolute Gasteiger partial charge is 0.573 e. The third-order valence-corrected chi connectivity index (χ3v) is 6.30. The Hall–Kier alpha value is -4.19. The lowest BCUT2D eigenvalue weighted by Crippen LogP contribution is -2.34. The second-order valence-electron chi connectivity index (χ2n) is 9.12. The van der Waals surface area contributed by atoms with Crippen molar-refractivity contribution in [3.8, 4) is 5.75 Å². The molecular weight excluding hydrogens is 577 g/mol. The number of benzene rings is 2. The van der Waals surface area contributed by atoms with E-state index in [-0.39, 0.29) is 42.2 Å². The van der Waals surface area contributed by atoms with E-state index in [1.54, 1.807) is 31.2 Å². The normalized spacial score (nSPS) is 12.6. The van der Waals surface area contributed by atoms with Crippen molar-refractivity contribution in [1.82, 2.24) is 20.6 Å². The van der Waals surface area contributed by atoms with Gasteiger partial charge in [0.25, 0.3) is 11.8 Å². The third-order valence-electron chi connectivity index (χ3n) is 6.11. The summed E-state index contributed by atoms with van der Waals surface area (Å²) in [6.07, 6.45) is -0.956. The highest BCUT2D eigenvalue weighted by Gasteiger charge is 2.32. The van der Waals surface area contributed by atoms with Crippen LogP contribution in [0.15, 0.2) is 60.9 Å². The highest BCUT2D eigenvalue weighted by Crippen LogP contribution is 2.36. The first kappa shape index (κ1) is 32.3. The quantitative estimate of drug-likeness (QED) is 0.237. The van der Waals surface area contributed by atoms with E-state index in [0.29, 0.717) is 24.0 Å². The number of esters is 1. The Morgan fingerprint density at radius 1 is 0.929 bits per heavy atom. The zero-order valence-corrected chi connectivity index (χ0v) is 23.7. The van der Waals surface area contributed by atoms with E-state index in [1.807, 2.05) is 6.92 Å². The molecule has 0 saturated carbocycles. The standard InChI is InChI=1S/C29H30ClF3N4O5/c1-3-5-23(18-6-8-20(9-7-18)27(39)34-15-14-24(38)41-4-2)25(37-28(40)26-35-16-21(30)17-36-26)19-10-12-22(13-11-19)42-29(31,32)33/h6-13,16-17,23,25H,3-5,14-15H2,1-2H3,(H,34,39)(H,37,40). The molecule has 0 saturated heterocycles. The van der Waals surface area contributed by atoms with E-state index in [0.717, 1.165) is 5.56 Å². The minimum atomic E-state index is -4.85. The molecule has 0 aliphatic heterocycles. The zero-order chi connectivity index (χ0) is 30.7. The number of halogens is 4. The SMILES string of the molecule is CCCC(c1ccc(C(=O)NCCC(=O)OCC)cc1)C(NC(=O)c1ncc(Cl)cn1)c1ccc(OC(F)(F)F)cc1. The first-order valence-corrected chi connectivity index (χ1v) is 13.6. The molecule has 0 fully saturated rings. The van der Waals surface area contributed by atoms with Gasteiger partial charge >= 0.3 is 12.3 Å². The summed E-state index contributed by atoms with van der Waals surface area (Å²) in [5.74, 6) is -2.27. The zero-order valence-electron chi connectivity index (χ0n) is 22.9. The van der Waals surface area contributed by atoms with Gasteiger partial charge in [0.2, 0.25) is 5.82 Å². The van der Waals surface area contributed by atoms with Gasteiger partial charge < -0.3 is 20.1 Å². The maximum atomic E-state index is 13.1. The van der Waals surface area contributed by atoms with Gasteiger partial charge in [0, 0.05) is 30.4 Å². The average Bonchev–Trinajstić information content (AvgIpc) is 2.95. The molecule has 2 N–H and O–H groups in total. The Labute approximate surface area is 245 Å². The van der Waals surface area contributed by atoms with Crippen molar-refractivity contribution in [2.45, 2.75) is 51.4 Å². The predicted molar refractivity (Wildman–Crippen MR) is 148 cm³/mol. The molecule has 2 atom stereocenters. The predicted octanol–water partition coefficient (Wildman–Crippen LogP) is 5.77.